The van der Waals surface area contributed by atoms with Gasteiger partial charge in [-0.2, -0.15) is 0 Å². The van der Waals surface area contributed by atoms with Crippen LogP contribution in [0.1, 0.15) is 13.8 Å². The molecule has 2 aliphatic rings. The lowest BCUT2D eigenvalue weighted by Gasteiger charge is -2.36. The first kappa shape index (κ1) is 11.5. The predicted molar refractivity (Wildman–Crippen MR) is 68.1 cm³/mol. The molecule has 2 aliphatic heterocycles. The van der Waals surface area contributed by atoms with Gasteiger partial charge < -0.3 is 15.1 Å². The fourth-order valence-corrected chi connectivity index (χ4v) is 2.47. The van der Waals surface area contributed by atoms with Crippen LogP contribution in [0.5, 0.6) is 0 Å². The van der Waals surface area contributed by atoms with Gasteiger partial charge in [0.15, 0.2) is 0 Å². The average molecular weight is 221 g/mol. The van der Waals surface area contributed by atoms with Crippen LogP contribution in [0, 0.1) is 5.92 Å². The molecular formula is C13H23N3. The molecule has 2 rings (SSSR count). The summed E-state index contributed by atoms with van der Waals surface area (Å²) in [5, 5.41) is 3.39. The smallest absolute Gasteiger partial charge is 0.0526 e. The highest BCUT2D eigenvalue weighted by Gasteiger charge is 2.20. The van der Waals surface area contributed by atoms with Gasteiger partial charge in [0.25, 0.3) is 0 Å². The summed E-state index contributed by atoms with van der Waals surface area (Å²) in [7, 11) is 2.18. The van der Waals surface area contributed by atoms with Gasteiger partial charge in [0.1, 0.15) is 0 Å². The number of nitrogens with one attached hydrogen (secondary N) is 1. The second-order valence-electron chi connectivity index (χ2n) is 5.05. The molecular weight excluding hydrogens is 198 g/mol. The molecule has 1 saturated heterocycles. The third-order valence-electron chi connectivity index (χ3n) is 3.44. The molecule has 3 heteroatoms. The summed E-state index contributed by atoms with van der Waals surface area (Å²) in [4.78, 5) is 4.79. The number of allylic oxidation sites excluding steroid dienone is 1. The third kappa shape index (κ3) is 2.40. The fraction of sp³-hybridized carbons (Fsp3) is 0.692. The molecule has 0 aliphatic carbocycles. The molecule has 1 unspecified atom stereocenters. The van der Waals surface area contributed by atoms with Gasteiger partial charge in [-0.25, -0.2) is 0 Å². The second-order valence-corrected chi connectivity index (χ2v) is 5.05. The first-order chi connectivity index (χ1) is 7.68. The van der Waals surface area contributed by atoms with E-state index in [1.807, 2.05) is 0 Å². The molecule has 0 bridgehead atoms. The molecule has 1 N–H and O–H groups in total. The van der Waals surface area contributed by atoms with Crippen molar-refractivity contribution in [1.82, 2.24) is 15.1 Å². The Bertz CT molecular complexity index is 288. The molecule has 0 saturated carbocycles. The maximum Gasteiger partial charge on any atom is 0.0526 e. The van der Waals surface area contributed by atoms with Gasteiger partial charge in [-0.05, 0) is 12.0 Å². The van der Waals surface area contributed by atoms with Crippen molar-refractivity contribution in [3.63, 3.8) is 0 Å². The monoisotopic (exact) mass is 221 g/mol. The highest BCUT2D eigenvalue weighted by Crippen LogP contribution is 2.20. The van der Waals surface area contributed by atoms with E-state index in [4.69, 9.17) is 0 Å². The minimum absolute atomic E-state index is 0.548. The third-order valence-corrected chi connectivity index (χ3v) is 3.44. The highest BCUT2D eigenvalue weighted by molar-refractivity contribution is 5.24. The number of likely N-dealkylation sites (N-methyl/N-ethyl adjacent to an activating group) is 1. The minimum Gasteiger partial charge on any atom is -0.372 e. The summed E-state index contributed by atoms with van der Waals surface area (Å²) in [5.74, 6) is 0.669. The van der Waals surface area contributed by atoms with Gasteiger partial charge in [-0.15, -0.1) is 0 Å². The lowest BCUT2D eigenvalue weighted by atomic mass is 10.0. The van der Waals surface area contributed by atoms with E-state index in [-0.39, 0.29) is 0 Å². The summed E-state index contributed by atoms with van der Waals surface area (Å²) < 4.78 is 0. The fourth-order valence-electron chi connectivity index (χ4n) is 2.47. The Kier molecular flexibility index (Phi) is 3.54. The molecule has 0 aromatic rings. The van der Waals surface area contributed by atoms with Crippen molar-refractivity contribution in [3.05, 3.63) is 24.0 Å². The van der Waals surface area contributed by atoms with Crippen molar-refractivity contribution in [2.24, 2.45) is 5.92 Å². The van der Waals surface area contributed by atoms with Crippen molar-refractivity contribution in [1.29, 1.82) is 0 Å². The zero-order chi connectivity index (χ0) is 11.5. The van der Waals surface area contributed by atoms with Crippen molar-refractivity contribution in [2.45, 2.75) is 19.9 Å². The number of piperazine rings is 1. The van der Waals surface area contributed by atoms with Gasteiger partial charge >= 0.3 is 0 Å². The van der Waals surface area contributed by atoms with Crippen LogP contribution < -0.4 is 5.32 Å². The van der Waals surface area contributed by atoms with Crippen LogP contribution in [0.3, 0.4) is 0 Å². The van der Waals surface area contributed by atoms with Crippen molar-refractivity contribution >= 4 is 0 Å². The van der Waals surface area contributed by atoms with E-state index < -0.39 is 0 Å². The first-order valence-electron chi connectivity index (χ1n) is 6.26. The lowest BCUT2D eigenvalue weighted by Crippen LogP contribution is -2.44. The number of hydrogen-bond donors (Lipinski definition) is 1. The van der Waals surface area contributed by atoms with Crippen LogP contribution >= 0.6 is 0 Å². The Morgan fingerprint density at radius 3 is 2.56 bits per heavy atom. The average Bonchev–Trinajstić information content (AvgIpc) is 2.29. The largest absolute Gasteiger partial charge is 0.372 e. The van der Waals surface area contributed by atoms with Gasteiger partial charge in [0.2, 0.25) is 0 Å². The van der Waals surface area contributed by atoms with Crippen LogP contribution in [-0.4, -0.2) is 49.1 Å². The maximum atomic E-state index is 3.39. The zero-order valence-electron chi connectivity index (χ0n) is 10.6. The quantitative estimate of drug-likeness (QED) is 0.757. The SMILES string of the molecule is CC(C)C1C=CC(N2CCNCC2)=CN1C. The lowest BCUT2D eigenvalue weighted by molar-refractivity contribution is 0.267. The highest BCUT2D eigenvalue weighted by atomic mass is 15.2. The van der Waals surface area contributed by atoms with E-state index in [2.05, 4.69) is 54.4 Å². The summed E-state index contributed by atoms with van der Waals surface area (Å²) >= 11 is 0. The van der Waals surface area contributed by atoms with Crippen molar-refractivity contribution in [3.8, 4) is 0 Å². The van der Waals surface area contributed by atoms with Crippen molar-refractivity contribution < 1.29 is 0 Å². The van der Waals surface area contributed by atoms with Gasteiger partial charge in [0.05, 0.1) is 5.70 Å². The van der Waals surface area contributed by atoms with Crippen LogP contribution in [0.25, 0.3) is 0 Å². The molecule has 0 aromatic carbocycles. The van der Waals surface area contributed by atoms with Gasteiger partial charge in [-0.3, -0.25) is 0 Å². The Hall–Kier alpha value is -0.960. The van der Waals surface area contributed by atoms with Gasteiger partial charge in [0, 0.05) is 45.5 Å². The Morgan fingerprint density at radius 1 is 1.31 bits per heavy atom. The number of hydrogen-bond acceptors (Lipinski definition) is 3. The Labute approximate surface area is 98.8 Å². The van der Waals surface area contributed by atoms with E-state index >= 15 is 0 Å². The molecule has 2 heterocycles. The topological polar surface area (TPSA) is 18.5 Å². The predicted octanol–water partition coefficient (Wildman–Crippen LogP) is 1.26. The van der Waals surface area contributed by atoms with Crippen LogP contribution in [0.2, 0.25) is 0 Å². The van der Waals surface area contributed by atoms with E-state index in [1.165, 1.54) is 5.70 Å². The summed E-state index contributed by atoms with van der Waals surface area (Å²) in [6.45, 7) is 8.99. The molecule has 16 heavy (non-hydrogen) atoms. The van der Waals surface area contributed by atoms with E-state index in [0.29, 0.717) is 12.0 Å². The summed E-state index contributed by atoms with van der Waals surface area (Å²) in [6.07, 6.45) is 6.91. The second kappa shape index (κ2) is 4.91. The molecule has 0 spiro atoms. The molecule has 0 amide bonds. The molecule has 1 fully saturated rings. The van der Waals surface area contributed by atoms with Crippen LogP contribution in [0.4, 0.5) is 0 Å². The van der Waals surface area contributed by atoms with E-state index in [0.717, 1.165) is 26.2 Å². The molecule has 90 valence electrons. The van der Waals surface area contributed by atoms with E-state index in [9.17, 15) is 0 Å². The normalized spacial score (nSPS) is 26.2. The van der Waals surface area contributed by atoms with Crippen LogP contribution in [0.15, 0.2) is 24.0 Å². The minimum atomic E-state index is 0.548. The molecule has 1 atom stereocenters. The molecule has 0 aromatic heterocycles. The maximum absolute atomic E-state index is 3.39. The number of nitrogens with zero attached hydrogens (tertiary/aromatic N) is 2. The van der Waals surface area contributed by atoms with Crippen LogP contribution in [-0.2, 0) is 0 Å². The summed E-state index contributed by atoms with van der Waals surface area (Å²) in [5.41, 5.74) is 1.36. The molecule has 0 radical (unpaired) electrons. The van der Waals surface area contributed by atoms with E-state index in [1.54, 1.807) is 0 Å². The van der Waals surface area contributed by atoms with Crippen molar-refractivity contribution in [2.75, 3.05) is 33.2 Å². The first-order valence-corrected chi connectivity index (χ1v) is 6.26. The summed E-state index contributed by atoms with van der Waals surface area (Å²) in [6, 6.07) is 0.548. The zero-order valence-corrected chi connectivity index (χ0v) is 10.6. The van der Waals surface area contributed by atoms with Gasteiger partial charge in [-0.1, -0.05) is 19.9 Å². The standard InChI is InChI=1S/C13H23N3/c1-11(2)13-5-4-12(10-15(13)3)16-8-6-14-7-9-16/h4-5,10-11,13-14H,6-9H2,1-3H3. The number of rotatable bonds is 2. The molecule has 3 nitrogen and oxygen atoms in total. The Morgan fingerprint density at radius 2 is 2.00 bits per heavy atom. The Balaban J connectivity index is 2.02.